The number of nitro groups is 1. The van der Waals surface area contributed by atoms with Gasteiger partial charge in [-0.25, -0.2) is 17.9 Å². The predicted octanol–water partition coefficient (Wildman–Crippen LogP) is 3.13. The lowest BCUT2D eigenvalue weighted by atomic mass is 9.98. The van der Waals surface area contributed by atoms with Crippen LogP contribution in [-0.4, -0.2) is 59.8 Å². The highest BCUT2D eigenvalue weighted by atomic mass is 32.2. The van der Waals surface area contributed by atoms with E-state index in [1.54, 1.807) is 30.3 Å². The van der Waals surface area contributed by atoms with E-state index >= 15 is 0 Å². The molecule has 1 fully saturated rings. The molecule has 0 spiro atoms. The van der Waals surface area contributed by atoms with Gasteiger partial charge in [0.15, 0.2) is 0 Å². The average molecular weight is 508 g/mol. The van der Waals surface area contributed by atoms with E-state index < -0.39 is 44.3 Å². The van der Waals surface area contributed by atoms with E-state index in [-0.39, 0.29) is 24.9 Å². The van der Waals surface area contributed by atoms with Crippen LogP contribution in [0.2, 0.25) is 0 Å². The quantitative estimate of drug-likeness (QED) is 0.309. The number of nitrogens with one attached hydrogen (secondary N) is 1. The summed E-state index contributed by atoms with van der Waals surface area (Å²) in [6.45, 7) is -0.816. The van der Waals surface area contributed by atoms with Crippen molar-refractivity contribution in [2.75, 3.05) is 13.1 Å². The molecule has 3 N–H and O–H groups in total. The zero-order chi connectivity index (χ0) is 25.4. The average Bonchev–Trinajstić information content (AvgIpc) is 2.83. The summed E-state index contributed by atoms with van der Waals surface area (Å²) in [5.74, 6) is -0.331. The minimum absolute atomic E-state index is 0.0181. The zero-order valence-electron chi connectivity index (χ0n) is 19.1. The predicted molar refractivity (Wildman–Crippen MR) is 127 cm³/mol. The Kier molecular flexibility index (Phi) is 9.01. The largest absolute Gasteiger partial charge is 0.483 e. The number of benzene rings is 2. The number of sulfonamides is 1. The van der Waals surface area contributed by atoms with E-state index in [1.807, 2.05) is 0 Å². The maximum absolute atomic E-state index is 13.0. The van der Waals surface area contributed by atoms with Gasteiger partial charge in [-0.3, -0.25) is 10.1 Å². The summed E-state index contributed by atoms with van der Waals surface area (Å²) in [5, 5.41) is 31.4. The third-order valence-electron chi connectivity index (χ3n) is 5.71. The summed E-state index contributed by atoms with van der Waals surface area (Å²) in [5.41, 5.74) is 0.252. The Labute approximate surface area is 203 Å². The molecule has 35 heavy (non-hydrogen) atoms. The van der Waals surface area contributed by atoms with E-state index in [0.717, 1.165) is 24.2 Å². The normalized spacial score (nSPS) is 15.3. The van der Waals surface area contributed by atoms with E-state index in [1.165, 1.54) is 18.2 Å². The molecule has 2 aromatic carbocycles. The summed E-state index contributed by atoms with van der Waals surface area (Å²) >= 11 is 0. The molecule has 0 aromatic heterocycles. The lowest BCUT2D eigenvalue weighted by Crippen LogP contribution is -2.42. The Morgan fingerprint density at radius 3 is 2.46 bits per heavy atom. The molecule has 0 radical (unpaired) electrons. The number of carboxylic acid groups (broad SMARTS) is 1. The molecule has 1 atom stereocenters. The summed E-state index contributed by atoms with van der Waals surface area (Å²) in [6.07, 6.45) is 1.20. The van der Waals surface area contributed by atoms with E-state index in [0.29, 0.717) is 18.4 Å². The molecular formula is C23H29N3O8S. The maximum atomic E-state index is 13.0. The minimum Gasteiger partial charge on any atom is -0.483 e. The molecule has 1 unspecified atom stereocenters. The summed E-state index contributed by atoms with van der Waals surface area (Å²) in [6, 6.07) is 12.4. The fraction of sp³-hybridized carbons (Fsp3) is 0.435. The van der Waals surface area contributed by atoms with Crippen molar-refractivity contribution in [1.82, 2.24) is 9.62 Å². The number of amides is 1. The molecule has 1 aliphatic carbocycles. The lowest BCUT2D eigenvalue weighted by molar-refractivity contribution is -0.386. The van der Waals surface area contributed by atoms with Crippen LogP contribution in [0.4, 0.5) is 10.5 Å². The first-order chi connectivity index (χ1) is 16.7. The molecule has 11 nitrogen and oxygen atoms in total. The second kappa shape index (κ2) is 12.0. The molecule has 0 aliphatic heterocycles. The topological polar surface area (TPSA) is 159 Å². The Bertz CT molecular complexity index is 1120. The number of hydrogen-bond acceptors (Lipinski definition) is 7. The van der Waals surface area contributed by atoms with E-state index in [4.69, 9.17) is 4.74 Å². The van der Waals surface area contributed by atoms with Crippen LogP contribution in [0, 0.1) is 10.1 Å². The second-order valence-corrected chi connectivity index (χ2v) is 10.1. The molecule has 1 saturated carbocycles. The van der Waals surface area contributed by atoms with Crippen molar-refractivity contribution in [3.8, 4) is 5.75 Å². The van der Waals surface area contributed by atoms with Crippen molar-refractivity contribution in [2.45, 2.75) is 55.8 Å². The van der Waals surface area contributed by atoms with Gasteiger partial charge in [0.25, 0.3) is 0 Å². The van der Waals surface area contributed by atoms with Gasteiger partial charge in [-0.15, -0.1) is 0 Å². The first kappa shape index (κ1) is 26.4. The van der Waals surface area contributed by atoms with Crippen LogP contribution in [0.5, 0.6) is 5.75 Å². The molecule has 0 bridgehead atoms. The van der Waals surface area contributed by atoms with Crippen LogP contribution in [-0.2, 0) is 16.6 Å². The highest BCUT2D eigenvalue weighted by Crippen LogP contribution is 2.36. The smallest absolute Gasteiger partial charge is 0.407 e. The van der Waals surface area contributed by atoms with Crippen molar-refractivity contribution < 1.29 is 33.1 Å². The number of carbonyl (C=O) groups is 1. The Morgan fingerprint density at radius 2 is 1.83 bits per heavy atom. The van der Waals surface area contributed by atoms with Crippen molar-refractivity contribution in [2.24, 2.45) is 0 Å². The van der Waals surface area contributed by atoms with Crippen molar-refractivity contribution in [3.63, 3.8) is 0 Å². The fourth-order valence-corrected chi connectivity index (χ4v) is 5.17. The van der Waals surface area contributed by atoms with E-state index in [2.05, 4.69) is 4.72 Å². The molecule has 12 heteroatoms. The van der Waals surface area contributed by atoms with E-state index in [9.17, 15) is 33.5 Å². The standard InChI is InChI=1S/C23H29N3O8S/c27-18(16-25(23(28)29)15-17-8-3-1-4-9-17)14-24-35(32,33)21-13-7-12-20(26(30)31)22(21)34-19-10-5-2-6-11-19/h1,3-4,7-9,12-13,18-19,24,27H,2,5-6,10-11,14-16H2,(H,28,29). The maximum Gasteiger partial charge on any atom is 0.407 e. The van der Waals surface area contributed by atoms with Gasteiger partial charge >= 0.3 is 11.8 Å². The third-order valence-corrected chi connectivity index (χ3v) is 7.16. The summed E-state index contributed by atoms with van der Waals surface area (Å²) in [7, 11) is -4.31. The number of aliphatic hydroxyl groups is 1. The molecule has 2 aromatic rings. The Hall–Kier alpha value is -3.22. The molecule has 190 valence electrons. The van der Waals surface area contributed by atoms with Crippen LogP contribution in [0.15, 0.2) is 53.4 Å². The molecule has 0 saturated heterocycles. The van der Waals surface area contributed by atoms with Crippen molar-refractivity contribution in [3.05, 3.63) is 64.2 Å². The van der Waals surface area contributed by atoms with Crippen LogP contribution in [0.25, 0.3) is 0 Å². The number of nitrogens with zero attached hydrogens (tertiary/aromatic N) is 2. The number of rotatable bonds is 11. The number of para-hydroxylation sites is 1. The van der Waals surface area contributed by atoms with Gasteiger partial charge in [0.1, 0.15) is 4.90 Å². The zero-order valence-corrected chi connectivity index (χ0v) is 19.9. The fourth-order valence-electron chi connectivity index (χ4n) is 3.94. The highest BCUT2D eigenvalue weighted by molar-refractivity contribution is 7.89. The molecule has 1 aliphatic rings. The second-order valence-electron chi connectivity index (χ2n) is 8.39. The molecular weight excluding hydrogens is 478 g/mol. The van der Waals surface area contributed by atoms with Crippen LogP contribution in [0.3, 0.4) is 0 Å². The van der Waals surface area contributed by atoms with Gasteiger partial charge in [-0.1, -0.05) is 42.8 Å². The minimum atomic E-state index is -4.31. The number of nitro benzene ring substituents is 1. The Morgan fingerprint density at radius 1 is 1.14 bits per heavy atom. The van der Waals surface area contributed by atoms with Crippen LogP contribution < -0.4 is 9.46 Å². The van der Waals surface area contributed by atoms with Gasteiger partial charge in [0.2, 0.25) is 15.8 Å². The Balaban J connectivity index is 1.72. The summed E-state index contributed by atoms with van der Waals surface area (Å²) < 4.78 is 34.1. The highest BCUT2D eigenvalue weighted by Gasteiger charge is 2.30. The first-order valence-electron chi connectivity index (χ1n) is 11.3. The van der Waals surface area contributed by atoms with Gasteiger partial charge in [-0.2, -0.15) is 0 Å². The molecule has 3 rings (SSSR count). The van der Waals surface area contributed by atoms with Gasteiger partial charge < -0.3 is 19.8 Å². The number of ether oxygens (including phenoxy) is 1. The van der Waals surface area contributed by atoms with Crippen LogP contribution in [0.1, 0.15) is 37.7 Å². The third kappa shape index (κ3) is 7.38. The summed E-state index contributed by atoms with van der Waals surface area (Å²) in [4.78, 5) is 23.0. The SMILES string of the molecule is O=C(O)N(Cc1ccccc1)CC(O)CNS(=O)(=O)c1cccc([N+](=O)[O-])c1OC1CCCCC1. The monoisotopic (exact) mass is 507 g/mol. The number of aliphatic hydroxyl groups excluding tert-OH is 1. The van der Waals surface area contributed by atoms with Gasteiger partial charge in [0.05, 0.1) is 23.7 Å². The van der Waals surface area contributed by atoms with Gasteiger partial charge in [0, 0.05) is 19.2 Å². The lowest BCUT2D eigenvalue weighted by Gasteiger charge is -2.24. The number of hydrogen-bond donors (Lipinski definition) is 3. The molecule has 1 amide bonds. The van der Waals surface area contributed by atoms with Crippen LogP contribution >= 0.6 is 0 Å². The molecule has 0 heterocycles. The van der Waals surface area contributed by atoms with Crippen molar-refractivity contribution in [1.29, 1.82) is 0 Å². The van der Waals surface area contributed by atoms with Crippen molar-refractivity contribution >= 4 is 21.8 Å². The van der Waals surface area contributed by atoms with Gasteiger partial charge in [-0.05, 0) is 37.3 Å². The first-order valence-corrected chi connectivity index (χ1v) is 12.8.